The van der Waals surface area contributed by atoms with Crippen LogP contribution in [0.2, 0.25) is 0 Å². The smallest absolute Gasteiger partial charge is 0.187 e. The molecule has 2 aromatic heterocycles. The van der Waals surface area contributed by atoms with E-state index in [-0.39, 0.29) is 0 Å². The fraction of sp³-hybridized carbons (Fsp3) is 0. The van der Waals surface area contributed by atoms with Crippen LogP contribution in [0.4, 0.5) is 5.69 Å². The molecule has 0 atom stereocenters. The summed E-state index contributed by atoms with van der Waals surface area (Å²) in [5.41, 5.74) is 9.92. The fourth-order valence-corrected chi connectivity index (χ4v) is 5.77. The third-order valence-electron chi connectivity index (χ3n) is 8.38. The molecule has 6 nitrogen and oxygen atoms in total. The Labute approximate surface area is 290 Å². The van der Waals surface area contributed by atoms with E-state index in [9.17, 15) is 0 Å². The molecular weight excluding hydrogens is 613 g/mol. The third kappa shape index (κ3) is 6.40. The van der Waals surface area contributed by atoms with Gasteiger partial charge in [-0.15, -0.1) is 0 Å². The van der Waals surface area contributed by atoms with Crippen LogP contribution >= 0.6 is 0 Å². The van der Waals surface area contributed by atoms with E-state index in [4.69, 9.17) is 31.5 Å². The number of hydrogen-bond donors (Lipinski definition) is 0. The Morgan fingerprint density at radius 3 is 1.18 bits per heavy atom. The summed E-state index contributed by atoms with van der Waals surface area (Å²) in [4.78, 5) is 28.0. The quantitative estimate of drug-likeness (QED) is 0.162. The Balaban J connectivity index is 1.16. The van der Waals surface area contributed by atoms with Crippen LogP contribution in [0.25, 0.3) is 84.0 Å². The van der Waals surface area contributed by atoms with E-state index in [0.717, 1.165) is 55.9 Å². The van der Waals surface area contributed by atoms with Gasteiger partial charge in [0, 0.05) is 27.8 Å². The van der Waals surface area contributed by atoms with Crippen molar-refractivity contribution in [2.45, 2.75) is 0 Å². The van der Waals surface area contributed by atoms with E-state index in [1.54, 1.807) is 0 Å². The first kappa shape index (κ1) is 30.2. The Bertz CT molecular complexity index is 2400. The first-order chi connectivity index (χ1) is 24.7. The molecule has 2 heterocycles. The van der Waals surface area contributed by atoms with Gasteiger partial charge >= 0.3 is 0 Å². The molecule has 0 amide bonds. The summed E-state index contributed by atoms with van der Waals surface area (Å²) in [6, 6.07) is 56.2. The molecule has 0 unspecified atom stereocenters. The van der Waals surface area contributed by atoms with Gasteiger partial charge in [-0.05, 0) is 28.8 Å². The molecule has 0 radical (unpaired) electrons. The number of nitrogens with zero attached hydrogens (tertiary/aromatic N) is 6. The van der Waals surface area contributed by atoms with E-state index in [1.807, 2.05) is 121 Å². The highest BCUT2D eigenvalue weighted by Gasteiger charge is 2.14. The minimum absolute atomic E-state index is 0.591. The number of aromatic nitrogens is 5. The molecule has 0 bridgehead atoms. The lowest BCUT2D eigenvalue weighted by molar-refractivity contribution is 1.07. The second-order valence-electron chi connectivity index (χ2n) is 11.7. The standard InChI is InChI=1S/C44H28N6/c1-45-38-26-24-31(25-27-38)39-29-40(47-41(46-39)32-12-5-2-6-13-32)37-19-11-18-36(28-37)30-20-22-35(23-21-30)44-49-42(33-14-7-3-8-15-33)48-43(50-44)34-16-9-4-10-17-34/h2-29H. The minimum atomic E-state index is 0.591. The largest absolute Gasteiger partial charge is 0.238 e. The van der Waals surface area contributed by atoms with Crippen molar-refractivity contribution in [3.05, 3.63) is 181 Å². The van der Waals surface area contributed by atoms with Gasteiger partial charge in [0.1, 0.15) is 0 Å². The lowest BCUT2D eigenvalue weighted by Crippen LogP contribution is -2.00. The Kier molecular flexibility index (Phi) is 8.20. The van der Waals surface area contributed by atoms with Gasteiger partial charge in [0.2, 0.25) is 0 Å². The first-order valence-electron chi connectivity index (χ1n) is 16.2. The molecular formula is C44H28N6. The number of benzene rings is 6. The SMILES string of the molecule is [C-]#[N+]c1ccc(-c2cc(-c3cccc(-c4ccc(-c5nc(-c6ccccc6)nc(-c6ccccc6)n5)cc4)c3)nc(-c3ccccc3)n2)cc1. The van der Waals surface area contributed by atoms with Gasteiger partial charge in [0.05, 0.1) is 18.0 Å². The molecule has 0 N–H and O–H groups in total. The Hall–Kier alpha value is -7.10. The number of rotatable bonds is 7. The van der Waals surface area contributed by atoms with Crippen LogP contribution in [0, 0.1) is 6.57 Å². The van der Waals surface area contributed by atoms with Crippen LogP contribution < -0.4 is 0 Å². The average Bonchev–Trinajstić information content (AvgIpc) is 3.21. The summed E-state index contributed by atoms with van der Waals surface area (Å²) < 4.78 is 0. The molecule has 234 valence electrons. The lowest BCUT2D eigenvalue weighted by Gasteiger charge is -2.11. The van der Waals surface area contributed by atoms with E-state index < -0.39 is 0 Å². The van der Waals surface area contributed by atoms with Crippen LogP contribution in [0.3, 0.4) is 0 Å². The first-order valence-corrected chi connectivity index (χ1v) is 16.2. The molecule has 0 spiro atoms. The molecule has 0 fully saturated rings. The van der Waals surface area contributed by atoms with E-state index in [1.165, 1.54) is 0 Å². The topological polar surface area (TPSA) is 68.8 Å². The molecule has 6 heteroatoms. The van der Waals surface area contributed by atoms with Crippen molar-refractivity contribution in [3.8, 4) is 79.2 Å². The molecule has 0 aliphatic carbocycles. The van der Waals surface area contributed by atoms with E-state index in [2.05, 4.69) is 53.4 Å². The van der Waals surface area contributed by atoms with Crippen molar-refractivity contribution < 1.29 is 0 Å². The highest BCUT2D eigenvalue weighted by atomic mass is 15.0. The van der Waals surface area contributed by atoms with Gasteiger partial charge in [0.15, 0.2) is 29.0 Å². The van der Waals surface area contributed by atoms with Crippen molar-refractivity contribution in [2.24, 2.45) is 0 Å². The zero-order chi connectivity index (χ0) is 33.7. The summed E-state index contributed by atoms with van der Waals surface area (Å²) in [5, 5.41) is 0. The molecule has 6 aromatic carbocycles. The van der Waals surface area contributed by atoms with Gasteiger partial charge < -0.3 is 0 Å². The van der Waals surface area contributed by atoms with Crippen molar-refractivity contribution in [1.29, 1.82) is 0 Å². The third-order valence-corrected chi connectivity index (χ3v) is 8.38. The predicted molar refractivity (Wildman–Crippen MR) is 200 cm³/mol. The minimum Gasteiger partial charge on any atom is -0.238 e. The van der Waals surface area contributed by atoms with Crippen LogP contribution in [-0.4, -0.2) is 24.9 Å². The molecule has 0 saturated heterocycles. The second kappa shape index (κ2) is 13.6. The van der Waals surface area contributed by atoms with Gasteiger partial charge in [-0.3, -0.25) is 0 Å². The number of hydrogen-bond acceptors (Lipinski definition) is 5. The highest BCUT2D eigenvalue weighted by Crippen LogP contribution is 2.32. The molecule has 50 heavy (non-hydrogen) atoms. The van der Waals surface area contributed by atoms with Gasteiger partial charge in [-0.1, -0.05) is 158 Å². The van der Waals surface area contributed by atoms with Crippen LogP contribution in [0.5, 0.6) is 0 Å². The molecule has 0 aliphatic heterocycles. The van der Waals surface area contributed by atoms with Crippen LogP contribution in [0.1, 0.15) is 0 Å². The highest BCUT2D eigenvalue weighted by molar-refractivity contribution is 5.77. The fourth-order valence-electron chi connectivity index (χ4n) is 5.77. The monoisotopic (exact) mass is 640 g/mol. The van der Waals surface area contributed by atoms with Gasteiger partial charge in [-0.25, -0.2) is 29.8 Å². The summed E-state index contributed by atoms with van der Waals surface area (Å²) >= 11 is 0. The predicted octanol–water partition coefficient (Wildman–Crippen LogP) is 10.9. The van der Waals surface area contributed by atoms with Crippen molar-refractivity contribution in [1.82, 2.24) is 24.9 Å². The zero-order valence-electron chi connectivity index (χ0n) is 26.8. The average molecular weight is 641 g/mol. The summed E-state index contributed by atoms with van der Waals surface area (Å²) in [6.07, 6.45) is 0. The maximum Gasteiger partial charge on any atom is 0.187 e. The maximum absolute atomic E-state index is 7.33. The van der Waals surface area contributed by atoms with Gasteiger partial charge in [0.25, 0.3) is 0 Å². The summed E-state index contributed by atoms with van der Waals surface area (Å²) in [6.45, 7) is 7.33. The van der Waals surface area contributed by atoms with Crippen molar-refractivity contribution in [2.75, 3.05) is 0 Å². The Morgan fingerprint density at radius 2 is 0.680 bits per heavy atom. The van der Waals surface area contributed by atoms with Gasteiger partial charge in [-0.2, -0.15) is 0 Å². The molecule has 0 aliphatic rings. The Morgan fingerprint density at radius 1 is 0.300 bits per heavy atom. The zero-order valence-corrected chi connectivity index (χ0v) is 26.8. The van der Waals surface area contributed by atoms with Crippen molar-refractivity contribution in [3.63, 3.8) is 0 Å². The van der Waals surface area contributed by atoms with Crippen LogP contribution in [0.15, 0.2) is 170 Å². The second-order valence-corrected chi connectivity index (χ2v) is 11.7. The summed E-state index contributed by atoms with van der Waals surface area (Å²) in [7, 11) is 0. The normalized spacial score (nSPS) is 10.8. The molecule has 8 aromatic rings. The molecule has 8 rings (SSSR count). The lowest BCUT2D eigenvalue weighted by atomic mass is 9.99. The van der Waals surface area contributed by atoms with E-state index in [0.29, 0.717) is 29.0 Å². The maximum atomic E-state index is 7.33. The van der Waals surface area contributed by atoms with Crippen molar-refractivity contribution >= 4 is 5.69 Å². The summed E-state index contributed by atoms with van der Waals surface area (Å²) in [5.74, 6) is 2.52. The van der Waals surface area contributed by atoms with Crippen LogP contribution in [-0.2, 0) is 0 Å². The van der Waals surface area contributed by atoms with E-state index >= 15 is 0 Å². The molecule has 0 saturated carbocycles.